The molecule has 2 amide bonds. The molecule has 2 N–H and O–H groups in total. The standard InChI is InChI=1S/C23H25N5O3/c1-13(29)19-25-20(28(26-19)16-9-6-14(7-10-16)21(30)24-4)15-8-11-18-17(12-15)23(2,3)22(31)27(18)5/h6-13,29H,1-5H3,(H,24,30). The van der Waals surface area contributed by atoms with Crippen molar-refractivity contribution in [1.82, 2.24) is 20.1 Å². The van der Waals surface area contributed by atoms with Gasteiger partial charge in [-0.25, -0.2) is 9.67 Å². The Labute approximate surface area is 180 Å². The van der Waals surface area contributed by atoms with Gasteiger partial charge in [0.1, 0.15) is 6.10 Å². The lowest BCUT2D eigenvalue weighted by molar-refractivity contribution is -0.121. The quantitative estimate of drug-likeness (QED) is 0.677. The van der Waals surface area contributed by atoms with E-state index < -0.39 is 11.5 Å². The van der Waals surface area contributed by atoms with Gasteiger partial charge in [-0.2, -0.15) is 0 Å². The van der Waals surface area contributed by atoms with E-state index in [1.807, 2.05) is 32.0 Å². The van der Waals surface area contributed by atoms with Gasteiger partial charge in [-0.15, -0.1) is 5.10 Å². The Hall–Kier alpha value is -3.52. The molecule has 0 aliphatic carbocycles. The van der Waals surface area contributed by atoms with Crippen LogP contribution in [0.4, 0.5) is 5.69 Å². The molecule has 160 valence electrons. The average Bonchev–Trinajstić information content (AvgIpc) is 3.28. The maximum Gasteiger partial charge on any atom is 0.251 e. The van der Waals surface area contributed by atoms with E-state index in [4.69, 9.17) is 0 Å². The predicted octanol–water partition coefficient (Wildman–Crippen LogP) is 2.60. The Balaban J connectivity index is 1.84. The van der Waals surface area contributed by atoms with Gasteiger partial charge in [-0.3, -0.25) is 9.59 Å². The van der Waals surface area contributed by atoms with Crippen LogP contribution in [0.1, 0.15) is 48.6 Å². The van der Waals surface area contributed by atoms with Crippen molar-refractivity contribution in [1.29, 1.82) is 0 Å². The van der Waals surface area contributed by atoms with Crippen LogP contribution in [0.25, 0.3) is 17.1 Å². The van der Waals surface area contributed by atoms with Crippen LogP contribution in [-0.2, 0) is 10.2 Å². The predicted molar refractivity (Wildman–Crippen MR) is 117 cm³/mol. The van der Waals surface area contributed by atoms with Crippen molar-refractivity contribution in [2.75, 3.05) is 19.0 Å². The molecule has 2 aromatic carbocycles. The molecule has 0 fully saturated rings. The molecule has 1 unspecified atom stereocenters. The number of aliphatic hydroxyl groups is 1. The number of nitrogens with one attached hydrogen (secondary N) is 1. The molecular weight excluding hydrogens is 394 g/mol. The summed E-state index contributed by atoms with van der Waals surface area (Å²) in [6, 6.07) is 12.7. The van der Waals surface area contributed by atoms with Crippen LogP contribution in [-0.4, -0.2) is 45.8 Å². The molecule has 0 radical (unpaired) electrons. The summed E-state index contributed by atoms with van der Waals surface area (Å²) in [5.74, 6) is 0.697. The fourth-order valence-corrected chi connectivity index (χ4v) is 3.88. The van der Waals surface area contributed by atoms with E-state index in [1.54, 1.807) is 54.9 Å². The zero-order valence-electron chi connectivity index (χ0n) is 18.2. The molecule has 3 aromatic rings. The van der Waals surface area contributed by atoms with Gasteiger partial charge in [0.05, 0.1) is 11.1 Å². The first-order valence-electron chi connectivity index (χ1n) is 10.1. The second-order valence-corrected chi connectivity index (χ2v) is 8.23. The Kier molecular flexibility index (Phi) is 4.89. The van der Waals surface area contributed by atoms with Crippen LogP contribution in [0, 0.1) is 0 Å². The molecule has 1 aromatic heterocycles. The molecule has 4 rings (SSSR count). The second-order valence-electron chi connectivity index (χ2n) is 8.23. The number of aromatic nitrogens is 3. The summed E-state index contributed by atoms with van der Waals surface area (Å²) in [6.07, 6.45) is -0.844. The second kappa shape index (κ2) is 7.31. The van der Waals surface area contributed by atoms with Crippen molar-refractivity contribution in [3.8, 4) is 17.1 Å². The van der Waals surface area contributed by atoms with Crippen LogP contribution < -0.4 is 10.2 Å². The molecule has 0 saturated heterocycles. The van der Waals surface area contributed by atoms with Crippen molar-refractivity contribution >= 4 is 17.5 Å². The molecule has 31 heavy (non-hydrogen) atoms. The van der Waals surface area contributed by atoms with Gasteiger partial charge in [0.2, 0.25) is 5.91 Å². The van der Waals surface area contributed by atoms with Gasteiger partial charge in [-0.05, 0) is 68.8 Å². The van der Waals surface area contributed by atoms with Crippen LogP contribution in [0.15, 0.2) is 42.5 Å². The Bertz CT molecular complexity index is 1180. The average molecular weight is 419 g/mol. The number of carbonyl (C=O) groups is 2. The first-order valence-corrected chi connectivity index (χ1v) is 10.1. The van der Waals surface area contributed by atoms with Crippen molar-refractivity contribution < 1.29 is 14.7 Å². The topological polar surface area (TPSA) is 100 Å². The van der Waals surface area contributed by atoms with E-state index in [0.717, 1.165) is 16.8 Å². The SMILES string of the molecule is CNC(=O)c1ccc(-n2nc(C(C)O)nc2-c2ccc3c(c2)C(C)(C)C(=O)N3C)cc1. The van der Waals surface area contributed by atoms with Gasteiger partial charge >= 0.3 is 0 Å². The van der Waals surface area contributed by atoms with Crippen LogP contribution in [0.3, 0.4) is 0 Å². The lowest BCUT2D eigenvalue weighted by Crippen LogP contribution is -2.33. The van der Waals surface area contributed by atoms with Crippen LogP contribution >= 0.6 is 0 Å². The number of anilines is 1. The maximum absolute atomic E-state index is 12.7. The lowest BCUT2D eigenvalue weighted by atomic mass is 9.85. The molecule has 2 heterocycles. The molecule has 0 bridgehead atoms. The minimum atomic E-state index is -0.844. The number of aliphatic hydroxyl groups excluding tert-OH is 1. The van der Waals surface area contributed by atoms with Gasteiger partial charge in [0.15, 0.2) is 11.6 Å². The highest BCUT2D eigenvalue weighted by Gasteiger charge is 2.42. The largest absolute Gasteiger partial charge is 0.385 e. The van der Waals surface area contributed by atoms with Gasteiger partial charge in [0, 0.05) is 30.9 Å². The third-order valence-electron chi connectivity index (χ3n) is 5.73. The summed E-state index contributed by atoms with van der Waals surface area (Å²) < 4.78 is 1.64. The van der Waals surface area contributed by atoms with E-state index in [2.05, 4.69) is 15.4 Å². The number of nitrogens with zero attached hydrogens (tertiary/aromatic N) is 4. The smallest absolute Gasteiger partial charge is 0.251 e. The summed E-state index contributed by atoms with van der Waals surface area (Å²) >= 11 is 0. The maximum atomic E-state index is 12.7. The van der Waals surface area contributed by atoms with Crippen LogP contribution in [0.2, 0.25) is 0 Å². The van der Waals surface area contributed by atoms with E-state index in [1.165, 1.54) is 0 Å². The molecule has 0 saturated carbocycles. The highest BCUT2D eigenvalue weighted by molar-refractivity contribution is 6.07. The fourth-order valence-electron chi connectivity index (χ4n) is 3.88. The summed E-state index contributed by atoms with van der Waals surface area (Å²) in [6.45, 7) is 5.42. The number of fused-ring (bicyclic) bond motifs is 1. The van der Waals surface area contributed by atoms with Crippen molar-refractivity contribution in [3.05, 3.63) is 59.4 Å². The number of rotatable bonds is 4. The zero-order valence-corrected chi connectivity index (χ0v) is 18.2. The van der Waals surface area contributed by atoms with Crippen molar-refractivity contribution in [3.63, 3.8) is 0 Å². The normalized spacial score (nSPS) is 15.7. The van der Waals surface area contributed by atoms with E-state index in [-0.39, 0.29) is 11.8 Å². The number of hydrogen-bond donors (Lipinski definition) is 2. The summed E-state index contributed by atoms with van der Waals surface area (Å²) in [4.78, 5) is 30.7. The number of hydrogen-bond acceptors (Lipinski definition) is 5. The monoisotopic (exact) mass is 419 g/mol. The highest BCUT2D eigenvalue weighted by atomic mass is 16.3. The van der Waals surface area contributed by atoms with E-state index >= 15 is 0 Å². The molecule has 8 heteroatoms. The number of amides is 2. The molecule has 1 aliphatic heterocycles. The third-order valence-corrected chi connectivity index (χ3v) is 5.73. The minimum absolute atomic E-state index is 0.0376. The highest BCUT2D eigenvalue weighted by Crippen LogP contribution is 2.42. The Morgan fingerprint density at radius 3 is 2.45 bits per heavy atom. The zero-order chi connectivity index (χ0) is 22.5. The molecule has 8 nitrogen and oxygen atoms in total. The summed E-state index contributed by atoms with van der Waals surface area (Å²) in [7, 11) is 3.36. The van der Waals surface area contributed by atoms with E-state index in [9.17, 15) is 14.7 Å². The molecule has 1 aliphatic rings. The fraction of sp³-hybridized carbons (Fsp3) is 0.304. The number of carbonyl (C=O) groups excluding carboxylic acids is 2. The first kappa shape index (κ1) is 20.7. The minimum Gasteiger partial charge on any atom is -0.385 e. The lowest BCUT2D eigenvalue weighted by Gasteiger charge is -2.16. The Morgan fingerprint density at radius 2 is 1.84 bits per heavy atom. The molecule has 0 spiro atoms. The molecular formula is C23H25N5O3. The summed E-state index contributed by atoms with van der Waals surface area (Å²) in [5, 5.41) is 17.2. The third kappa shape index (κ3) is 3.29. The molecule has 1 atom stereocenters. The summed E-state index contributed by atoms with van der Waals surface area (Å²) in [5.41, 5.74) is 3.16. The Morgan fingerprint density at radius 1 is 1.16 bits per heavy atom. The van der Waals surface area contributed by atoms with Gasteiger partial charge in [-0.1, -0.05) is 0 Å². The van der Waals surface area contributed by atoms with Crippen molar-refractivity contribution in [2.45, 2.75) is 32.3 Å². The van der Waals surface area contributed by atoms with Gasteiger partial charge in [0.25, 0.3) is 5.91 Å². The van der Waals surface area contributed by atoms with Crippen molar-refractivity contribution in [2.24, 2.45) is 0 Å². The number of benzene rings is 2. The first-order chi connectivity index (χ1) is 14.6. The number of likely N-dealkylation sites (N-methyl/N-ethyl adjacent to an activating group) is 1. The van der Waals surface area contributed by atoms with E-state index in [0.29, 0.717) is 22.9 Å². The van der Waals surface area contributed by atoms with Gasteiger partial charge < -0.3 is 15.3 Å². The van der Waals surface area contributed by atoms with Crippen LogP contribution in [0.5, 0.6) is 0 Å².